The molecule has 0 radical (unpaired) electrons. The summed E-state index contributed by atoms with van der Waals surface area (Å²) in [6, 6.07) is 9.46. The number of hydrogen-bond acceptors (Lipinski definition) is 6. The first kappa shape index (κ1) is 17.6. The second-order valence-corrected chi connectivity index (χ2v) is 5.74. The fraction of sp³-hybridized carbons (Fsp3) is 0.176. The van der Waals surface area contributed by atoms with E-state index in [-0.39, 0.29) is 24.0 Å². The van der Waals surface area contributed by atoms with Crippen LogP contribution in [0.4, 0.5) is 5.69 Å². The van der Waals surface area contributed by atoms with Gasteiger partial charge in [-0.05, 0) is 37.3 Å². The van der Waals surface area contributed by atoms with Gasteiger partial charge in [0.05, 0.1) is 4.92 Å². The number of carbonyl (C=O) groups is 1. The Balaban J connectivity index is 1.70. The highest BCUT2D eigenvalue weighted by molar-refractivity contribution is 7.80. The molecule has 0 atom stereocenters. The lowest BCUT2D eigenvalue weighted by atomic mass is 10.3. The highest BCUT2D eigenvalue weighted by Gasteiger charge is 2.29. The molecule has 26 heavy (non-hydrogen) atoms. The lowest BCUT2D eigenvalue weighted by Gasteiger charge is -2.08. The summed E-state index contributed by atoms with van der Waals surface area (Å²) >= 11 is 5.09. The van der Waals surface area contributed by atoms with E-state index in [1.54, 1.807) is 30.3 Å². The molecule has 134 valence electrons. The van der Waals surface area contributed by atoms with Gasteiger partial charge < -0.3 is 14.5 Å². The number of nitro groups is 1. The number of amides is 1. The molecule has 8 nitrogen and oxygen atoms in total. The number of nitrogens with one attached hydrogen (secondary N) is 1. The van der Waals surface area contributed by atoms with Crippen LogP contribution in [0.2, 0.25) is 0 Å². The van der Waals surface area contributed by atoms with Crippen molar-refractivity contribution in [1.82, 2.24) is 10.2 Å². The minimum absolute atomic E-state index is 0.0227. The van der Waals surface area contributed by atoms with E-state index in [2.05, 4.69) is 5.32 Å². The molecule has 1 aliphatic heterocycles. The summed E-state index contributed by atoms with van der Waals surface area (Å²) in [5, 5.41) is 14.2. The molecule has 0 spiro atoms. The van der Waals surface area contributed by atoms with Gasteiger partial charge in [-0.1, -0.05) is 12.1 Å². The Morgan fingerprint density at radius 2 is 2.12 bits per heavy atom. The van der Waals surface area contributed by atoms with Crippen molar-refractivity contribution in [1.29, 1.82) is 0 Å². The van der Waals surface area contributed by atoms with Gasteiger partial charge in [0, 0.05) is 18.7 Å². The van der Waals surface area contributed by atoms with E-state index in [9.17, 15) is 14.9 Å². The molecule has 1 saturated heterocycles. The Kier molecular flexibility index (Phi) is 4.99. The van der Waals surface area contributed by atoms with Crippen LogP contribution in [0.15, 0.2) is 46.5 Å². The quantitative estimate of drug-likeness (QED) is 0.360. The Morgan fingerprint density at radius 1 is 1.35 bits per heavy atom. The third-order valence-electron chi connectivity index (χ3n) is 3.68. The van der Waals surface area contributed by atoms with E-state index in [1.807, 2.05) is 6.92 Å². The molecule has 9 heteroatoms. The fourth-order valence-electron chi connectivity index (χ4n) is 2.43. The molecule has 0 unspecified atom stereocenters. The van der Waals surface area contributed by atoms with Crippen molar-refractivity contribution in [2.45, 2.75) is 13.5 Å². The van der Waals surface area contributed by atoms with Gasteiger partial charge in [-0.15, -0.1) is 0 Å². The van der Waals surface area contributed by atoms with Crippen molar-refractivity contribution in [3.63, 3.8) is 0 Å². The van der Waals surface area contributed by atoms with Gasteiger partial charge in [0.15, 0.2) is 10.9 Å². The minimum Gasteiger partial charge on any atom is -0.479 e. The predicted molar refractivity (Wildman–Crippen MR) is 97.2 cm³/mol. The maximum atomic E-state index is 12.1. The zero-order chi connectivity index (χ0) is 18.7. The smallest absolute Gasteiger partial charge is 0.310 e. The van der Waals surface area contributed by atoms with Gasteiger partial charge in [0.25, 0.3) is 5.91 Å². The van der Waals surface area contributed by atoms with E-state index in [1.165, 1.54) is 17.0 Å². The van der Waals surface area contributed by atoms with Crippen LogP contribution < -0.4 is 10.1 Å². The molecule has 1 aromatic carbocycles. The molecule has 0 bridgehead atoms. The van der Waals surface area contributed by atoms with Crippen LogP contribution in [0.5, 0.6) is 5.75 Å². The number of likely N-dealkylation sites (N-methyl/N-ethyl adjacent to an activating group) is 1. The van der Waals surface area contributed by atoms with Crippen molar-refractivity contribution in [2.75, 3.05) is 6.54 Å². The van der Waals surface area contributed by atoms with Gasteiger partial charge in [0.1, 0.15) is 23.8 Å². The second-order valence-electron chi connectivity index (χ2n) is 5.36. The topological polar surface area (TPSA) is 97.9 Å². The SMILES string of the molecule is CCN1C(=O)/C(=C\c2ccc(COc3ccccc3[N+](=O)[O-])o2)NC1=S. The predicted octanol–water partition coefficient (Wildman–Crippen LogP) is 2.84. The molecule has 0 saturated carbocycles. The van der Waals surface area contributed by atoms with Gasteiger partial charge >= 0.3 is 5.69 Å². The lowest BCUT2D eigenvalue weighted by Crippen LogP contribution is -2.30. The number of ether oxygens (including phenoxy) is 1. The van der Waals surface area contributed by atoms with Crippen LogP contribution >= 0.6 is 12.2 Å². The summed E-state index contributed by atoms with van der Waals surface area (Å²) in [7, 11) is 0. The Hall–Kier alpha value is -3.20. The molecule has 2 heterocycles. The Morgan fingerprint density at radius 3 is 2.81 bits per heavy atom. The second kappa shape index (κ2) is 7.36. The normalized spacial score (nSPS) is 15.4. The third kappa shape index (κ3) is 3.57. The maximum absolute atomic E-state index is 12.1. The molecule has 2 aromatic rings. The van der Waals surface area contributed by atoms with Crippen LogP contribution in [0, 0.1) is 10.1 Å². The number of para-hydroxylation sites is 2. The number of nitrogens with zero attached hydrogens (tertiary/aromatic N) is 2. The van der Waals surface area contributed by atoms with E-state index in [4.69, 9.17) is 21.4 Å². The number of furan rings is 1. The zero-order valence-electron chi connectivity index (χ0n) is 13.8. The third-order valence-corrected chi connectivity index (χ3v) is 4.00. The summed E-state index contributed by atoms with van der Waals surface area (Å²) in [6.45, 7) is 2.34. The van der Waals surface area contributed by atoms with Crippen molar-refractivity contribution in [2.24, 2.45) is 0 Å². The average Bonchev–Trinajstić information content (AvgIpc) is 3.17. The molecular formula is C17H15N3O5S. The largest absolute Gasteiger partial charge is 0.479 e. The van der Waals surface area contributed by atoms with Crippen molar-refractivity contribution < 1.29 is 18.9 Å². The van der Waals surface area contributed by atoms with Crippen LogP contribution in [-0.2, 0) is 11.4 Å². The number of thiocarbonyl (C=S) groups is 1. The first-order chi connectivity index (χ1) is 12.5. The highest BCUT2D eigenvalue weighted by atomic mass is 32.1. The lowest BCUT2D eigenvalue weighted by molar-refractivity contribution is -0.386. The van der Waals surface area contributed by atoms with Crippen molar-refractivity contribution in [3.05, 3.63) is 63.7 Å². The number of carbonyl (C=O) groups excluding carboxylic acids is 1. The van der Waals surface area contributed by atoms with E-state index >= 15 is 0 Å². The summed E-state index contributed by atoms with van der Waals surface area (Å²) in [5.74, 6) is 0.857. The Labute approximate surface area is 154 Å². The van der Waals surface area contributed by atoms with Crippen molar-refractivity contribution in [3.8, 4) is 5.75 Å². The monoisotopic (exact) mass is 373 g/mol. The van der Waals surface area contributed by atoms with Gasteiger partial charge in [-0.25, -0.2) is 0 Å². The summed E-state index contributed by atoms with van der Waals surface area (Å²) in [5.41, 5.74) is 0.215. The number of nitro benzene ring substituents is 1. The van der Waals surface area contributed by atoms with Crippen LogP contribution in [0.3, 0.4) is 0 Å². The molecular weight excluding hydrogens is 358 g/mol. The summed E-state index contributed by atoms with van der Waals surface area (Å²) < 4.78 is 11.1. The van der Waals surface area contributed by atoms with Crippen molar-refractivity contribution >= 4 is 35.0 Å². The van der Waals surface area contributed by atoms with Crippen LogP contribution in [0.25, 0.3) is 6.08 Å². The fourth-order valence-corrected chi connectivity index (χ4v) is 2.75. The summed E-state index contributed by atoms with van der Waals surface area (Å²) in [6.07, 6.45) is 1.55. The van der Waals surface area contributed by atoms with Gasteiger partial charge in [0.2, 0.25) is 0 Å². The summed E-state index contributed by atoms with van der Waals surface area (Å²) in [4.78, 5) is 24.1. The number of rotatable bonds is 6. The van der Waals surface area contributed by atoms with E-state index < -0.39 is 4.92 Å². The van der Waals surface area contributed by atoms with Gasteiger partial charge in [-0.3, -0.25) is 19.8 Å². The first-order valence-corrected chi connectivity index (χ1v) is 8.20. The molecule has 1 N–H and O–H groups in total. The minimum atomic E-state index is -0.507. The highest BCUT2D eigenvalue weighted by Crippen LogP contribution is 2.27. The molecule has 1 aliphatic rings. The van der Waals surface area contributed by atoms with E-state index in [0.29, 0.717) is 28.9 Å². The molecule has 1 amide bonds. The van der Waals surface area contributed by atoms with Gasteiger partial charge in [-0.2, -0.15) is 0 Å². The molecule has 1 aromatic heterocycles. The Bertz CT molecular complexity index is 905. The first-order valence-electron chi connectivity index (χ1n) is 7.79. The molecule has 0 aliphatic carbocycles. The average molecular weight is 373 g/mol. The zero-order valence-corrected chi connectivity index (χ0v) is 14.6. The molecule has 3 rings (SSSR count). The standard InChI is InChI=1S/C17H15N3O5S/c1-2-19-16(21)13(18-17(19)26)9-11-7-8-12(25-11)10-24-15-6-4-3-5-14(15)20(22)23/h3-9H,2,10H2,1H3,(H,18,26)/b13-9+. The van der Waals surface area contributed by atoms with Crippen LogP contribution in [-0.4, -0.2) is 27.4 Å². The van der Waals surface area contributed by atoms with E-state index in [0.717, 1.165) is 0 Å². The number of benzene rings is 1. The van der Waals surface area contributed by atoms with Crippen LogP contribution in [0.1, 0.15) is 18.4 Å². The maximum Gasteiger partial charge on any atom is 0.310 e. The molecule has 1 fully saturated rings. The number of hydrogen-bond donors (Lipinski definition) is 1.